The van der Waals surface area contributed by atoms with Crippen molar-refractivity contribution in [3.8, 4) is 22.8 Å². The molecule has 1 aliphatic heterocycles. The second-order valence-corrected chi connectivity index (χ2v) is 9.00. The average Bonchev–Trinajstić information content (AvgIpc) is 2.86. The summed E-state index contributed by atoms with van der Waals surface area (Å²) in [4.78, 5) is 23.0. The highest BCUT2D eigenvalue weighted by atomic mass is 16.5. The summed E-state index contributed by atoms with van der Waals surface area (Å²) in [6.07, 6.45) is 1.72. The zero-order chi connectivity index (χ0) is 26.7. The predicted octanol–water partition coefficient (Wildman–Crippen LogP) is 2.86. The Bertz CT molecular complexity index is 1510. The molecule has 2 heterocycles. The van der Waals surface area contributed by atoms with E-state index in [1.807, 2.05) is 39.0 Å². The van der Waals surface area contributed by atoms with E-state index in [1.165, 1.54) is 0 Å². The van der Waals surface area contributed by atoms with Crippen LogP contribution in [0.1, 0.15) is 22.3 Å². The molecule has 4 rings (SSSR count). The topological polar surface area (TPSA) is 129 Å². The maximum Gasteiger partial charge on any atom is 0.330 e. The molecule has 1 aromatic heterocycles. The summed E-state index contributed by atoms with van der Waals surface area (Å²) >= 11 is 0. The summed E-state index contributed by atoms with van der Waals surface area (Å²) < 4.78 is 14.4. The van der Waals surface area contributed by atoms with E-state index in [0.717, 1.165) is 45.4 Å². The minimum absolute atomic E-state index is 0.0693. The number of methoxy groups -OCH3 is 2. The second-order valence-electron chi connectivity index (χ2n) is 9.00. The van der Waals surface area contributed by atoms with Crippen LogP contribution in [-0.2, 0) is 19.5 Å². The molecule has 0 amide bonds. The van der Waals surface area contributed by atoms with Crippen molar-refractivity contribution in [1.82, 2.24) is 9.13 Å². The van der Waals surface area contributed by atoms with Crippen LogP contribution < -0.4 is 26.4 Å². The molecule has 3 aromatic rings. The number of benzene rings is 2. The van der Waals surface area contributed by atoms with Gasteiger partial charge >= 0.3 is 5.69 Å². The van der Waals surface area contributed by atoms with Crippen LogP contribution in [-0.4, -0.2) is 47.2 Å². The van der Waals surface area contributed by atoms with Gasteiger partial charge < -0.3 is 20.4 Å². The fourth-order valence-corrected chi connectivity index (χ4v) is 4.81. The summed E-state index contributed by atoms with van der Waals surface area (Å²) in [6, 6.07) is 9.97. The maximum absolute atomic E-state index is 13.8. The number of aliphatic imine (C=N–C) groups is 1. The van der Waals surface area contributed by atoms with Gasteiger partial charge in [0.15, 0.2) is 11.5 Å². The normalized spacial score (nSPS) is 13.5. The number of oxime groups is 1. The number of amidine groups is 1. The predicted molar refractivity (Wildman–Crippen MR) is 144 cm³/mol. The van der Waals surface area contributed by atoms with E-state index >= 15 is 0 Å². The first-order valence-corrected chi connectivity index (χ1v) is 12.0. The number of hydrogen-bond donors (Lipinski definition) is 2. The standard InChI is InChI=1S/C27H32N6O4/c1-16-10-17(2)26(18(3)11-16)31-25-14-21-20-13-23(37-5)22(36-4)12-19(20)6-8-32(21)27(34)33(25)9-7-29-24(28)15-30-35/h10-15,35H,6-9H2,1-5H3,(H2,28,29). The van der Waals surface area contributed by atoms with Crippen molar-refractivity contribution in [3.63, 3.8) is 0 Å². The van der Waals surface area contributed by atoms with Gasteiger partial charge in [-0.1, -0.05) is 22.9 Å². The van der Waals surface area contributed by atoms with Gasteiger partial charge in [-0.2, -0.15) is 0 Å². The summed E-state index contributed by atoms with van der Waals surface area (Å²) in [5.41, 5.74) is 12.8. The lowest BCUT2D eigenvalue weighted by atomic mass is 9.97. The van der Waals surface area contributed by atoms with E-state index in [0.29, 0.717) is 30.0 Å². The van der Waals surface area contributed by atoms with Crippen molar-refractivity contribution in [2.75, 3.05) is 20.8 Å². The molecule has 10 heteroatoms. The number of nitrogens with two attached hydrogens (primary N) is 1. The zero-order valence-electron chi connectivity index (χ0n) is 21.8. The molecule has 3 N–H and O–H groups in total. The van der Waals surface area contributed by atoms with Gasteiger partial charge in [-0.05, 0) is 56.0 Å². The molecule has 194 valence electrons. The van der Waals surface area contributed by atoms with Crippen molar-refractivity contribution >= 4 is 17.7 Å². The largest absolute Gasteiger partial charge is 0.493 e. The van der Waals surface area contributed by atoms with E-state index in [-0.39, 0.29) is 24.6 Å². The molecule has 0 saturated heterocycles. The Morgan fingerprint density at radius 2 is 1.76 bits per heavy atom. The Kier molecular flexibility index (Phi) is 7.47. The highest BCUT2D eigenvalue weighted by molar-refractivity contribution is 6.28. The minimum Gasteiger partial charge on any atom is -0.493 e. The van der Waals surface area contributed by atoms with Crippen molar-refractivity contribution in [2.45, 2.75) is 40.3 Å². The number of ether oxygens (including phenoxy) is 2. The molecule has 0 fully saturated rings. The van der Waals surface area contributed by atoms with Crippen LogP contribution in [0, 0.1) is 20.8 Å². The molecular weight excluding hydrogens is 472 g/mol. The van der Waals surface area contributed by atoms with Gasteiger partial charge in [0.25, 0.3) is 0 Å². The number of rotatable bonds is 7. The monoisotopic (exact) mass is 504 g/mol. The Hall–Kier alpha value is -4.34. The molecule has 0 unspecified atom stereocenters. The van der Waals surface area contributed by atoms with Crippen molar-refractivity contribution in [2.24, 2.45) is 20.9 Å². The highest BCUT2D eigenvalue weighted by Crippen LogP contribution is 2.37. The van der Waals surface area contributed by atoms with Crippen LogP contribution in [0.5, 0.6) is 11.5 Å². The van der Waals surface area contributed by atoms with E-state index in [1.54, 1.807) is 23.4 Å². The van der Waals surface area contributed by atoms with Gasteiger partial charge in [0, 0.05) is 24.7 Å². The van der Waals surface area contributed by atoms with E-state index < -0.39 is 0 Å². The first kappa shape index (κ1) is 25.7. The first-order chi connectivity index (χ1) is 17.8. The van der Waals surface area contributed by atoms with Gasteiger partial charge in [0.2, 0.25) is 0 Å². The van der Waals surface area contributed by atoms with Gasteiger partial charge in [-0.3, -0.25) is 14.1 Å². The summed E-state index contributed by atoms with van der Waals surface area (Å²) in [7, 11) is 3.20. The second kappa shape index (κ2) is 10.7. The summed E-state index contributed by atoms with van der Waals surface area (Å²) in [5, 5.41) is 11.6. The first-order valence-electron chi connectivity index (χ1n) is 12.0. The molecule has 2 aromatic carbocycles. The number of fused-ring (bicyclic) bond motifs is 3. The molecule has 10 nitrogen and oxygen atoms in total. The Morgan fingerprint density at radius 3 is 2.41 bits per heavy atom. The third-order valence-corrected chi connectivity index (χ3v) is 6.45. The Labute approximate surface area is 215 Å². The minimum atomic E-state index is -0.191. The molecule has 0 saturated carbocycles. The SMILES string of the molecule is COc1cc2c(cc1OC)-c1cc(=Nc3c(C)cc(C)cc3C)n(CCN=C(N)C=NO)c(=O)n1CC2. The van der Waals surface area contributed by atoms with Gasteiger partial charge in [-0.25, -0.2) is 9.79 Å². The van der Waals surface area contributed by atoms with Crippen molar-refractivity contribution in [3.05, 3.63) is 68.6 Å². The lowest BCUT2D eigenvalue weighted by molar-refractivity contribution is 0.322. The molecule has 37 heavy (non-hydrogen) atoms. The molecule has 0 aliphatic carbocycles. The number of hydrogen-bond acceptors (Lipinski definition) is 7. The number of aryl methyl sites for hydroxylation is 4. The Balaban J connectivity index is 1.96. The van der Waals surface area contributed by atoms with Crippen LogP contribution in [0.25, 0.3) is 11.3 Å². The maximum atomic E-state index is 13.8. The quantitative estimate of drug-likeness (QED) is 0.221. The van der Waals surface area contributed by atoms with Gasteiger partial charge in [-0.15, -0.1) is 0 Å². The third kappa shape index (κ3) is 5.13. The highest BCUT2D eigenvalue weighted by Gasteiger charge is 2.22. The smallest absolute Gasteiger partial charge is 0.330 e. The summed E-state index contributed by atoms with van der Waals surface area (Å²) in [6.45, 7) is 7.06. The fraction of sp³-hybridized carbons (Fsp3) is 0.333. The molecule has 0 atom stereocenters. The molecule has 0 spiro atoms. The Morgan fingerprint density at radius 1 is 1.08 bits per heavy atom. The summed E-state index contributed by atoms with van der Waals surface area (Å²) in [5.74, 6) is 1.32. The molecular formula is C27H32N6O4. The molecule has 1 aliphatic rings. The van der Waals surface area contributed by atoms with Crippen LogP contribution in [0.4, 0.5) is 5.69 Å². The lowest BCUT2D eigenvalue weighted by Crippen LogP contribution is -2.42. The molecule has 0 bridgehead atoms. The van der Waals surface area contributed by atoms with Crippen LogP contribution in [0.15, 0.2) is 50.3 Å². The number of nitrogens with zero attached hydrogens (tertiary/aromatic N) is 5. The van der Waals surface area contributed by atoms with Crippen LogP contribution in [0.2, 0.25) is 0 Å². The average molecular weight is 505 g/mol. The van der Waals surface area contributed by atoms with E-state index in [2.05, 4.69) is 22.3 Å². The third-order valence-electron chi connectivity index (χ3n) is 6.45. The van der Waals surface area contributed by atoms with E-state index in [4.69, 9.17) is 25.4 Å². The van der Waals surface area contributed by atoms with E-state index in [9.17, 15) is 4.79 Å². The van der Waals surface area contributed by atoms with Crippen LogP contribution >= 0.6 is 0 Å². The lowest BCUT2D eigenvalue weighted by Gasteiger charge is -2.24. The fourth-order valence-electron chi connectivity index (χ4n) is 4.81. The number of aromatic nitrogens is 2. The van der Waals surface area contributed by atoms with Gasteiger partial charge in [0.1, 0.15) is 17.5 Å². The van der Waals surface area contributed by atoms with Crippen LogP contribution in [0.3, 0.4) is 0 Å². The zero-order valence-corrected chi connectivity index (χ0v) is 21.8. The molecule has 0 radical (unpaired) electrons. The van der Waals surface area contributed by atoms with Crippen molar-refractivity contribution in [1.29, 1.82) is 0 Å². The van der Waals surface area contributed by atoms with Gasteiger partial charge in [0.05, 0.1) is 32.1 Å². The van der Waals surface area contributed by atoms with Crippen molar-refractivity contribution < 1.29 is 14.7 Å².